The molecular formula is C11H10O3. The van der Waals surface area contributed by atoms with Crippen LogP contribution >= 0.6 is 0 Å². The second kappa shape index (κ2) is 2.69. The summed E-state index contributed by atoms with van der Waals surface area (Å²) < 4.78 is 5.06. The largest absolute Gasteiger partial charge is 0.496 e. The maximum Gasteiger partial charge on any atom is 0.203 e. The van der Waals surface area contributed by atoms with Gasteiger partial charge in [0.05, 0.1) is 7.11 Å². The molecule has 14 heavy (non-hydrogen) atoms. The highest BCUT2D eigenvalue weighted by Gasteiger charge is 2.50. The third-order valence-electron chi connectivity index (χ3n) is 2.51. The lowest BCUT2D eigenvalue weighted by Gasteiger charge is -2.35. The lowest BCUT2D eigenvalue weighted by Crippen LogP contribution is -2.44. The van der Waals surface area contributed by atoms with E-state index in [0.717, 1.165) is 0 Å². The molecule has 72 valence electrons. The van der Waals surface area contributed by atoms with Gasteiger partial charge in [0.15, 0.2) is 5.60 Å². The summed E-state index contributed by atoms with van der Waals surface area (Å²) in [7, 11) is 1.50. The smallest absolute Gasteiger partial charge is 0.203 e. The number of benzene rings is 1. The molecule has 0 aliphatic heterocycles. The van der Waals surface area contributed by atoms with Crippen molar-refractivity contribution in [3.05, 3.63) is 42.0 Å². The van der Waals surface area contributed by atoms with Crippen LogP contribution in [0.5, 0.6) is 5.75 Å². The Morgan fingerprint density at radius 1 is 1.57 bits per heavy atom. The Balaban J connectivity index is 2.67. The van der Waals surface area contributed by atoms with Crippen molar-refractivity contribution in [2.24, 2.45) is 0 Å². The Labute approximate surface area is 81.6 Å². The maximum absolute atomic E-state index is 11.5. The third-order valence-corrected chi connectivity index (χ3v) is 2.51. The van der Waals surface area contributed by atoms with Crippen molar-refractivity contribution in [2.75, 3.05) is 7.11 Å². The zero-order valence-electron chi connectivity index (χ0n) is 7.78. The van der Waals surface area contributed by atoms with Gasteiger partial charge < -0.3 is 9.84 Å². The van der Waals surface area contributed by atoms with E-state index in [-0.39, 0.29) is 5.78 Å². The first-order valence-corrected chi connectivity index (χ1v) is 4.23. The number of ketones is 1. The van der Waals surface area contributed by atoms with Crippen LogP contribution in [-0.2, 0) is 5.60 Å². The molecule has 3 nitrogen and oxygen atoms in total. The molecule has 0 spiro atoms. The average molecular weight is 190 g/mol. The molecule has 3 heteroatoms. The van der Waals surface area contributed by atoms with Crippen molar-refractivity contribution in [3.8, 4) is 5.75 Å². The molecule has 0 radical (unpaired) electrons. The quantitative estimate of drug-likeness (QED) is 0.714. The second-order valence-electron chi connectivity index (χ2n) is 3.18. The fraction of sp³-hybridized carbons (Fsp3) is 0.182. The van der Waals surface area contributed by atoms with Crippen LogP contribution in [0.25, 0.3) is 0 Å². The van der Waals surface area contributed by atoms with Crippen molar-refractivity contribution < 1.29 is 14.6 Å². The van der Waals surface area contributed by atoms with Crippen molar-refractivity contribution in [2.45, 2.75) is 5.60 Å². The lowest BCUT2D eigenvalue weighted by atomic mass is 9.71. The van der Waals surface area contributed by atoms with Gasteiger partial charge in [-0.2, -0.15) is 0 Å². The molecule has 0 aromatic heterocycles. The molecule has 1 aromatic carbocycles. The van der Waals surface area contributed by atoms with Crippen LogP contribution in [0.2, 0.25) is 0 Å². The van der Waals surface area contributed by atoms with E-state index in [9.17, 15) is 9.90 Å². The van der Waals surface area contributed by atoms with Crippen LogP contribution in [0.3, 0.4) is 0 Å². The van der Waals surface area contributed by atoms with Gasteiger partial charge in [-0.05, 0) is 12.1 Å². The SMILES string of the molecule is C=CC1(O)C(=O)c2cccc(OC)c21. The zero-order chi connectivity index (χ0) is 10.3. The molecule has 2 rings (SSSR count). The number of methoxy groups -OCH3 is 1. The first-order valence-electron chi connectivity index (χ1n) is 4.23. The topological polar surface area (TPSA) is 46.5 Å². The summed E-state index contributed by atoms with van der Waals surface area (Å²) in [6.45, 7) is 3.45. The monoisotopic (exact) mass is 190 g/mol. The summed E-state index contributed by atoms with van der Waals surface area (Å²) in [5.41, 5.74) is -0.531. The Morgan fingerprint density at radius 3 is 2.86 bits per heavy atom. The van der Waals surface area contributed by atoms with E-state index in [1.807, 2.05) is 0 Å². The number of Topliss-reactive ketones (excluding diaryl/α,β-unsaturated/α-hetero) is 1. The van der Waals surface area contributed by atoms with Crippen molar-refractivity contribution >= 4 is 5.78 Å². The van der Waals surface area contributed by atoms with Crippen LogP contribution < -0.4 is 4.74 Å². The van der Waals surface area contributed by atoms with E-state index >= 15 is 0 Å². The molecule has 1 aliphatic carbocycles. The van der Waals surface area contributed by atoms with Crippen molar-refractivity contribution in [3.63, 3.8) is 0 Å². The second-order valence-corrected chi connectivity index (χ2v) is 3.18. The number of hydrogen-bond acceptors (Lipinski definition) is 3. The first-order chi connectivity index (χ1) is 6.65. The summed E-state index contributed by atoms with van der Waals surface area (Å²) in [5.74, 6) is 0.200. The Bertz CT molecular complexity index is 423. The summed E-state index contributed by atoms with van der Waals surface area (Å²) in [5, 5.41) is 9.90. The summed E-state index contributed by atoms with van der Waals surface area (Å²) in [4.78, 5) is 11.5. The first kappa shape index (κ1) is 8.97. The minimum atomic E-state index is -1.55. The van der Waals surface area contributed by atoms with Gasteiger partial charge in [0.1, 0.15) is 5.75 Å². The molecule has 0 saturated carbocycles. The normalized spacial score (nSPS) is 23.7. The van der Waals surface area contributed by atoms with Crippen molar-refractivity contribution in [1.29, 1.82) is 0 Å². The fourth-order valence-electron chi connectivity index (χ4n) is 1.73. The van der Waals surface area contributed by atoms with Crippen LogP contribution in [0, 0.1) is 0 Å². The maximum atomic E-state index is 11.5. The molecule has 1 aliphatic rings. The Morgan fingerprint density at radius 2 is 2.29 bits per heavy atom. The number of aliphatic hydroxyl groups is 1. The zero-order valence-corrected chi connectivity index (χ0v) is 7.78. The number of ether oxygens (including phenoxy) is 1. The number of carbonyl (C=O) groups excluding carboxylic acids is 1. The van der Waals surface area contributed by atoms with Gasteiger partial charge in [-0.1, -0.05) is 18.7 Å². The van der Waals surface area contributed by atoms with Gasteiger partial charge >= 0.3 is 0 Å². The molecule has 0 saturated heterocycles. The molecule has 0 fully saturated rings. The lowest BCUT2D eigenvalue weighted by molar-refractivity contribution is 0.0399. The average Bonchev–Trinajstić information content (AvgIpc) is 2.26. The van der Waals surface area contributed by atoms with Crippen LogP contribution in [-0.4, -0.2) is 18.0 Å². The molecule has 1 N–H and O–H groups in total. The standard InChI is InChI=1S/C11H10O3/c1-3-11(13)9-7(10(11)12)5-4-6-8(9)14-2/h3-6,13H,1H2,2H3. The summed E-state index contributed by atoms with van der Waals surface area (Å²) in [6.07, 6.45) is 1.24. The number of hydrogen-bond donors (Lipinski definition) is 1. The highest BCUT2D eigenvalue weighted by Crippen LogP contribution is 2.45. The third kappa shape index (κ3) is 0.822. The van der Waals surface area contributed by atoms with Crippen LogP contribution in [0.1, 0.15) is 15.9 Å². The Kier molecular flexibility index (Phi) is 1.72. The van der Waals surface area contributed by atoms with Gasteiger partial charge in [0, 0.05) is 11.1 Å². The van der Waals surface area contributed by atoms with E-state index in [1.54, 1.807) is 18.2 Å². The van der Waals surface area contributed by atoms with E-state index in [0.29, 0.717) is 16.9 Å². The molecule has 0 amide bonds. The van der Waals surface area contributed by atoms with E-state index in [4.69, 9.17) is 4.74 Å². The Hall–Kier alpha value is -1.61. The number of rotatable bonds is 2. The van der Waals surface area contributed by atoms with Gasteiger partial charge in [-0.3, -0.25) is 4.79 Å². The minimum absolute atomic E-state index is 0.318. The molecule has 1 atom stereocenters. The molecular weight excluding hydrogens is 180 g/mol. The highest BCUT2D eigenvalue weighted by molar-refractivity contribution is 6.14. The van der Waals surface area contributed by atoms with E-state index in [2.05, 4.69) is 6.58 Å². The van der Waals surface area contributed by atoms with Crippen LogP contribution in [0.4, 0.5) is 0 Å². The molecule has 1 aromatic rings. The summed E-state index contributed by atoms with van der Waals surface area (Å²) in [6, 6.07) is 5.09. The van der Waals surface area contributed by atoms with Crippen LogP contribution in [0.15, 0.2) is 30.9 Å². The highest BCUT2D eigenvalue weighted by atomic mass is 16.5. The van der Waals surface area contributed by atoms with Gasteiger partial charge in [0.2, 0.25) is 5.78 Å². The number of fused-ring (bicyclic) bond motifs is 1. The predicted octanol–water partition coefficient (Wildman–Crippen LogP) is 1.27. The number of carbonyl (C=O) groups is 1. The predicted molar refractivity (Wildman–Crippen MR) is 51.4 cm³/mol. The van der Waals surface area contributed by atoms with E-state index < -0.39 is 5.60 Å². The van der Waals surface area contributed by atoms with Gasteiger partial charge in [-0.25, -0.2) is 0 Å². The van der Waals surface area contributed by atoms with E-state index in [1.165, 1.54) is 13.2 Å². The molecule has 0 bridgehead atoms. The van der Waals surface area contributed by atoms with Gasteiger partial charge in [0.25, 0.3) is 0 Å². The molecule has 1 unspecified atom stereocenters. The van der Waals surface area contributed by atoms with Gasteiger partial charge in [-0.15, -0.1) is 0 Å². The molecule has 0 heterocycles. The van der Waals surface area contributed by atoms with Crippen molar-refractivity contribution in [1.82, 2.24) is 0 Å². The fourth-order valence-corrected chi connectivity index (χ4v) is 1.73. The minimum Gasteiger partial charge on any atom is -0.496 e. The summed E-state index contributed by atoms with van der Waals surface area (Å²) >= 11 is 0.